The zero-order valence-corrected chi connectivity index (χ0v) is 10.3. The van der Waals surface area contributed by atoms with Crippen molar-refractivity contribution in [2.24, 2.45) is 11.3 Å². The van der Waals surface area contributed by atoms with Gasteiger partial charge in [0.15, 0.2) is 0 Å². The van der Waals surface area contributed by atoms with Crippen LogP contribution in [-0.4, -0.2) is 12.7 Å². The van der Waals surface area contributed by atoms with E-state index in [0.29, 0.717) is 11.5 Å². The maximum atomic E-state index is 5.88. The van der Waals surface area contributed by atoms with E-state index in [-0.39, 0.29) is 0 Å². The normalized spacial score (nSPS) is 29.1. The molecule has 1 nitrogen and oxygen atoms in total. The second-order valence-corrected chi connectivity index (χ2v) is 5.23. The van der Waals surface area contributed by atoms with Crippen LogP contribution in [0, 0.1) is 11.3 Å². The van der Waals surface area contributed by atoms with Crippen molar-refractivity contribution in [2.45, 2.75) is 65.9 Å². The van der Waals surface area contributed by atoms with Crippen molar-refractivity contribution in [1.29, 1.82) is 0 Å². The monoisotopic (exact) mass is 198 g/mol. The zero-order valence-electron chi connectivity index (χ0n) is 10.3. The summed E-state index contributed by atoms with van der Waals surface area (Å²) in [4.78, 5) is 0. The maximum absolute atomic E-state index is 5.88. The SMILES string of the molecule is CCOC1CCCCC1C(C)(C)CC. The molecule has 84 valence electrons. The van der Waals surface area contributed by atoms with Crippen molar-refractivity contribution in [1.82, 2.24) is 0 Å². The third kappa shape index (κ3) is 2.73. The predicted octanol–water partition coefficient (Wildman–Crippen LogP) is 4.02. The molecule has 0 N–H and O–H groups in total. The Balaban J connectivity index is 2.61. The Kier molecular flexibility index (Phi) is 4.43. The second-order valence-electron chi connectivity index (χ2n) is 5.23. The minimum absolute atomic E-state index is 0.459. The summed E-state index contributed by atoms with van der Waals surface area (Å²) in [6.45, 7) is 10.1. The third-order valence-corrected chi connectivity index (χ3v) is 4.00. The molecule has 1 fully saturated rings. The van der Waals surface area contributed by atoms with Gasteiger partial charge in [-0.1, -0.05) is 40.0 Å². The Morgan fingerprint density at radius 1 is 1.14 bits per heavy atom. The van der Waals surface area contributed by atoms with Crippen molar-refractivity contribution in [3.05, 3.63) is 0 Å². The molecular formula is C13H26O. The van der Waals surface area contributed by atoms with Crippen molar-refractivity contribution in [2.75, 3.05) is 6.61 Å². The van der Waals surface area contributed by atoms with Crippen LogP contribution in [-0.2, 0) is 4.74 Å². The summed E-state index contributed by atoms with van der Waals surface area (Å²) in [5.41, 5.74) is 0.459. The van der Waals surface area contributed by atoms with Crippen molar-refractivity contribution >= 4 is 0 Å². The van der Waals surface area contributed by atoms with Crippen LogP contribution in [0.2, 0.25) is 0 Å². The molecule has 0 heterocycles. The average molecular weight is 198 g/mol. The second kappa shape index (κ2) is 5.16. The molecule has 0 aromatic carbocycles. The summed E-state index contributed by atoms with van der Waals surface area (Å²) in [7, 11) is 0. The molecule has 0 radical (unpaired) electrons. The van der Waals surface area contributed by atoms with Crippen LogP contribution in [0.4, 0.5) is 0 Å². The van der Waals surface area contributed by atoms with Crippen LogP contribution in [0.1, 0.15) is 59.8 Å². The van der Waals surface area contributed by atoms with Crippen molar-refractivity contribution in [3.63, 3.8) is 0 Å². The molecule has 1 heteroatoms. The van der Waals surface area contributed by atoms with Gasteiger partial charge in [-0.25, -0.2) is 0 Å². The van der Waals surface area contributed by atoms with Gasteiger partial charge in [0.25, 0.3) is 0 Å². The Hall–Kier alpha value is -0.0400. The summed E-state index contributed by atoms with van der Waals surface area (Å²) in [6.07, 6.45) is 7.21. The molecule has 2 atom stereocenters. The van der Waals surface area contributed by atoms with Gasteiger partial charge in [0.05, 0.1) is 6.10 Å². The first kappa shape index (κ1) is 12.0. The van der Waals surface area contributed by atoms with Gasteiger partial charge in [-0.3, -0.25) is 0 Å². The third-order valence-electron chi connectivity index (χ3n) is 4.00. The first-order valence-corrected chi connectivity index (χ1v) is 6.23. The lowest BCUT2D eigenvalue weighted by Crippen LogP contribution is -2.38. The van der Waals surface area contributed by atoms with Gasteiger partial charge < -0.3 is 4.74 Å². The molecule has 0 saturated heterocycles. The maximum Gasteiger partial charge on any atom is 0.0608 e. The van der Waals surface area contributed by atoms with E-state index in [9.17, 15) is 0 Å². The molecule has 2 unspecified atom stereocenters. The fourth-order valence-electron chi connectivity index (χ4n) is 2.67. The molecule has 1 aliphatic rings. The average Bonchev–Trinajstić information content (AvgIpc) is 2.19. The molecule has 0 aliphatic heterocycles. The van der Waals surface area contributed by atoms with Gasteiger partial charge in [-0.2, -0.15) is 0 Å². The van der Waals surface area contributed by atoms with Crippen LogP contribution in [0.3, 0.4) is 0 Å². The van der Waals surface area contributed by atoms with E-state index in [1.165, 1.54) is 32.1 Å². The highest BCUT2D eigenvalue weighted by Gasteiger charge is 2.36. The Bertz CT molecular complexity index is 161. The van der Waals surface area contributed by atoms with Crippen molar-refractivity contribution < 1.29 is 4.74 Å². The van der Waals surface area contributed by atoms with Gasteiger partial charge in [0.2, 0.25) is 0 Å². The fourth-order valence-corrected chi connectivity index (χ4v) is 2.67. The molecule has 0 aromatic rings. The first-order chi connectivity index (χ1) is 6.61. The fraction of sp³-hybridized carbons (Fsp3) is 1.00. The largest absolute Gasteiger partial charge is 0.378 e. The van der Waals surface area contributed by atoms with Crippen LogP contribution in [0.5, 0.6) is 0 Å². The number of hydrogen-bond acceptors (Lipinski definition) is 1. The van der Waals surface area contributed by atoms with E-state index in [0.717, 1.165) is 12.5 Å². The quantitative estimate of drug-likeness (QED) is 0.663. The molecule has 14 heavy (non-hydrogen) atoms. The molecule has 1 rings (SSSR count). The van der Waals surface area contributed by atoms with E-state index < -0.39 is 0 Å². The van der Waals surface area contributed by atoms with Gasteiger partial charge in [0, 0.05) is 6.61 Å². The lowest BCUT2D eigenvalue weighted by atomic mass is 9.68. The molecule has 0 spiro atoms. The summed E-state index contributed by atoms with van der Waals surface area (Å²) in [5, 5.41) is 0. The molecule has 0 amide bonds. The van der Waals surface area contributed by atoms with Crippen LogP contribution < -0.4 is 0 Å². The van der Waals surface area contributed by atoms with E-state index in [2.05, 4.69) is 27.7 Å². The smallest absolute Gasteiger partial charge is 0.0608 e. The number of hydrogen-bond donors (Lipinski definition) is 0. The highest BCUT2D eigenvalue weighted by atomic mass is 16.5. The Morgan fingerprint density at radius 3 is 2.36 bits per heavy atom. The van der Waals surface area contributed by atoms with Gasteiger partial charge >= 0.3 is 0 Å². The number of ether oxygens (including phenoxy) is 1. The van der Waals surface area contributed by atoms with Crippen LogP contribution in [0.15, 0.2) is 0 Å². The molecule has 1 aliphatic carbocycles. The standard InChI is InChI=1S/C13H26O/c1-5-13(3,4)11-9-7-8-10-12(11)14-6-2/h11-12H,5-10H2,1-4H3. The van der Waals surface area contributed by atoms with Crippen molar-refractivity contribution in [3.8, 4) is 0 Å². The van der Waals surface area contributed by atoms with Gasteiger partial charge in [-0.05, 0) is 31.1 Å². The van der Waals surface area contributed by atoms with Crippen LogP contribution in [0.25, 0.3) is 0 Å². The van der Waals surface area contributed by atoms with E-state index in [1.807, 2.05) is 0 Å². The minimum atomic E-state index is 0.459. The summed E-state index contributed by atoms with van der Waals surface area (Å²) in [5.74, 6) is 0.779. The van der Waals surface area contributed by atoms with E-state index in [4.69, 9.17) is 4.74 Å². The van der Waals surface area contributed by atoms with Gasteiger partial charge in [-0.15, -0.1) is 0 Å². The lowest BCUT2D eigenvalue weighted by Gasteiger charge is -2.41. The zero-order chi connectivity index (χ0) is 10.6. The summed E-state index contributed by atoms with van der Waals surface area (Å²) < 4.78 is 5.88. The lowest BCUT2D eigenvalue weighted by molar-refractivity contribution is -0.0486. The van der Waals surface area contributed by atoms with E-state index >= 15 is 0 Å². The molecule has 1 saturated carbocycles. The van der Waals surface area contributed by atoms with Gasteiger partial charge in [0.1, 0.15) is 0 Å². The highest BCUT2D eigenvalue weighted by Crippen LogP contribution is 2.41. The minimum Gasteiger partial charge on any atom is -0.378 e. The topological polar surface area (TPSA) is 9.23 Å². The molecular weight excluding hydrogens is 172 g/mol. The van der Waals surface area contributed by atoms with E-state index in [1.54, 1.807) is 0 Å². The Labute approximate surface area is 89.2 Å². The first-order valence-electron chi connectivity index (χ1n) is 6.23. The number of rotatable bonds is 4. The van der Waals surface area contributed by atoms with Crippen LogP contribution >= 0.6 is 0 Å². The summed E-state index contributed by atoms with van der Waals surface area (Å²) >= 11 is 0. The Morgan fingerprint density at radius 2 is 1.79 bits per heavy atom. The molecule has 0 bridgehead atoms. The predicted molar refractivity (Wildman–Crippen MR) is 61.4 cm³/mol. The highest BCUT2D eigenvalue weighted by molar-refractivity contribution is 4.86. The molecule has 0 aromatic heterocycles. The summed E-state index contributed by atoms with van der Waals surface area (Å²) in [6, 6.07) is 0.